The summed E-state index contributed by atoms with van der Waals surface area (Å²) in [5.74, 6) is 0.339. The topological polar surface area (TPSA) is 35.5 Å². The molecule has 0 heterocycles. The number of esters is 1. The molecule has 0 aliphatic carbocycles. The fraction of sp³-hybridized carbons (Fsp3) is 0.188. The molecular formula is C16H15FO3. The Hall–Kier alpha value is -2.36. The fourth-order valence-electron chi connectivity index (χ4n) is 1.77. The Morgan fingerprint density at radius 3 is 2.10 bits per heavy atom. The maximum atomic E-state index is 14.3. The second-order valence-corrected chi connectivity index (χ2v) is 4.43. The van der Waals surface area contributed by atoms with Gasteiger partial charge in [-0.15, -0.1) is 0 Å². The molecule has 0 fully saturated rings. The molecule has 0 aliphatic heterocycles. The van der Waals surface area contributed by atoms with E-state index in [9.17, 15) is 9.18 Å². The van der Waals surface area contributed by atoms with Crippen LogP contribution in [0.3, 0.4) is 0 Å². The van der Waals surface area contributed by atoms with Crippen molar-refractivity contribution >= 4 is 5.97 Å². The molecule has 1 atom stereocenters. The normalized spacial score (nSPS) is 13.3. The SMILES string of the molecule is COC(=O)C(C)(F)c1ccc(Oc2ccccc2)cc1. The van der Waals surface area contributed by atoms with E-state index in [0.29, 0.717) is 11.5 Å². The summed E-state index contributed by atoms with van der Waals surface area (Å²) in [5, 5.41) is 0. The van der Waals surface area contributed by atoms with Crippen molar-refractivity contribution in [2.24, 2.45) is 0 Å². The van der Waals surface area contributed by atoms with E-state index in [4.69, 9.17) is 4.74 Å². The van der Waals surface area contributed by atoms with E-state index >= 15 is 0 Å². The molecule has 0 radical (unpaired) electrons. The predicted octanol–water partition coefficient (Wildman–Crippen LogP) is 3.84. The first kappa shape index (κ1) is 14.1. The molecule has 2 rings (SSSR count). The fourth-order valence-corrected chi connectivity index (χ4v) is 1.77. The minimum absolute atomic E-state index is 0.227. The molecule has 2 aromatic rings. The molecule has 0 aromatic heterocycles. The zero-order valence-electron chi connectivity index (χ0n) is 11.3. The lowest BCUT2D eigenvalue weighted by molar-refractivity contribution is -0.154. The third-order valence-electron chi connectivity index (χ3n) is 2.94. The van der Waals surface area contributed by atoms with Crippen LogP contribution in [0.5, 0.6) is 11.5 Å². The first-order valence-electron chi connectivity index (χ1n) is 6.15. The Kier molecular flexibility index (Phi) is 4.03. The molecule has 0 saturated heterocycles. The molecular weight excluding hydrogens is 259 g/mol. The van der Waals surface area contributed by atoms with Gasteiger partial charge in [0.05, 0.1) is 7.11 Å². The van der Waals surface area contributed by atoms with Gasteiger partial charge in [-0.25, -0.2) is 9.18 Å². The lowest BCUT2D eigenvalue weighted by atomic mass is 9.98. The van der Waals surface area contributed by atoms with Crippen molar-refractivity contribution in [2.75, 3.05) is 7.11 Å². The highest BCUT2D eigenvalue weighted by atomic mass is 19.1. The van der Waals surface area contributed by atoms with Crippen LogP contribution in [0.2, 0.25) is 0 Å². The van der Waals surface area contributed by atoms with Crippen LogP contribution >= 0.6 is 0 Å². The van der Waals surface area contributed by atoms with Crippen molar-refractivity contribution in [1.82, 2.24) is 0 Å². The smallest absolute Gasteiger partial charge is 0.348 e. The summed E-state index contributed by atoms with van der Waals surface area (Å²) in [4.78, 5) is 11.4. The number of carbonyl (C=O) groups excluding carboxylic acids is 1. The highest BCUT2D eigenvalue weighted by molar-refractivity contribution is 5.80. The minimum atomic E-state index is -2.17. The molecule has 0 spiro atoms. The van der Waals surface area contributed by atoms with E-state index < -0.39 is 11.6 Å². The van der Waals surface area contributed by atoms with Crippen LogP contribution in [0, 0.1) is 0 Å². The number of carbonyl (C=O) groups is 1. The minimum Gasteiger partial charge on any atom is -0.466 e. The summed E-state index contributed by atoms with van der Waals surface area (Å²) >= 11 is 0. The summed E-state index contributed by atoms with van der Waals surface area (Å²) in [6, 6.07) is 15.5. The molecule has 104 valence electrons. The number of halogens is 1. The molecule has 2 aromatic carbocycles. The Bertz CT molecular complexity index is 576. The van der Waals surface area contributed by atoms with Crippen molar-refractivity contribution in [1.29, 1.82) is 0 Å². The van der Waals surface area contributed by atoms with Crippen molar-refractivity contribution < 1.29 is 18.7 Å². The number of hydrogen-bond acceptors (Lipinski definition) is 3. The average molecular weight is 274 g/mol. The first-order chi connectivity index (χ1) is 9.54. The zero-order chi connectivity index (χ0) is 14.6. The maximum Gasteiger partial charge on any atom is 0.348 e. The van der Waals surface area contributed by atoms with Gasteiger partial charge in [0.1, 0.15) is 11.5 Å². The molecule has 0 bridgehead atoms. The standard InChI is InChI=1S/C16H15FO3/c1-16(17,15(18)19-2)12-8-10-14(11-9-12)20-13-6-4-3-5-7-13/h3-11H,1-2H3. The predicted molar refractivity (Wildman–Crippen MR) is 73.4 cm³/mol. The molecule has 1 unspecified atom stereocenters. The molecule has 4 heteroatoms. The molecule has 0 N–H and O–H groups in total. The van der Waals surface area contributed by atoms with Crippen LogP contribution in [0.4, 0.5) is 4.39 Å². The largest absolute Gasteiger partial charge is 0.466 e. The second kappa shape index (κ2) is 5.74. The quantitative estimate of drug-likeness (QED) is 0.795. The Labute approximate surface area is 117 Å². The van der Waals surface area contributed by atoms with Crippen LogP contribution in [0.15, 0.2) is 54.6 Å². The first-order valence-corrected chi connectivity index (χ1v) is 6.15. The van der Waals surface area contributed by atoms with Crippen molar-refractivity contribution in [2.45, 2.75) is 12.6 Å². The van der Waals surface area contributed by atoms with Gasteiger partial charge in [-0.2, -0.15) is 0 Å². The lowest BCUT2D eigenvalue weighted by Crippen LogP contribution is -2.28. The van der Waals surface area contributed by atoms with Gasteiger partial charge in [0, 0.05) is 5.56 Å². The van der Waals surface area contributed by atoms with Crippen molar-refractivity contribution in [3.63, 3.8) is 0 Å². The van der Waals surface area contributed by atoms with Crippen molar-refractivity contribution in [3.05, 3.63) is 60.2 Å². The van der Waals surface area contributed by atoms with Crippen molar-refractivity contribution in [3.8, 4) is 11.5 Å². The number of ether oxygens (including phenoxy) is 2. The average Bonchev–Trinajstić information content (AvgIpc) is 2.48. The highest BCUT2D eigenvalue weighted by Crippen LogP contribution is 2.29. The van der Waals surface area contributed by atoms with E-state index in [2.05, 4.69) is 4.74 Å². The van der Waals surface area contributed by atoms with E-state index in [-0.39, 0.29) is 5.56 Å². The number of methoxy groups -OCH3 is 1. The van der Waals surface area contributed by atoms with Crippen LogP contribution in [-0.4, -0.2) is 13.1 Å². The van der Waals surface area contributed by atoms with Gasteiger partial charge in [-0.3, -0.25) is 0 Å². The Morgan fingerprint density at radius 1 is 1.00 bits per heavy atom. The Morgan fingerprint density at radius 2 is 1.55 bits per heavy atom. The van der Waals surface area contributed by atoms with Gasteiger partial charge in [0.15, 0.2) is 0 Å². The third kappa shape index (κ3) is 2.96. The van der Waals surface area contributed by atoms with Gasteiger partial charge < -0.3 is 9.47 Å². The molecule has 0 saturated carbocycles. The lowest BCUT2D eigenvalue weighted by Gasteiger charge is -2.18. The van der Waals surface area contributed by atoms with Gasteiger partial charge in [0.2, 0.25) is 5.67 Å². The van der Waals surface area contributed by atoms with E-state index in [0.717, 1.165) is 7.11 Å². The molecule has 0 aliphatic rings. The maximum absolute atomic E-state index is 14.3. The van der Waals surface area contributed by atoms with E-state index in [1.807, 2.05) is 30.3 Å². The van der Waals surface area contributed by atoms with Gasteiger partial charge in [0.25, 0.3) is 0 Å². The van der Waals surface area contributed by atoms with Gasteiger partial charge in [-0.05, 0) is 31.2 Å². The summed E-state index contributed by atoms with van der Waals surface area (Å²) in [7, 11) is 1.16. The second-order valence-electron chi connectivity index (χ2n) is 4.43. The van der Waals surface area contributed by atoms with Crippen LogP contribution in [0.1, 0.15) is 12.5 Å². The number of benzene rings is 2. The summed E-state index contributed by atoms with van der Waals surface area (Å²) in [6.45, 7) is 1.17. The Balaban J connectivity index is 2.16. The summed E-state index contributed by atoms with van der Waals surface area (Å²) in [6.07, 6.45) is 0. The van der Waals surface area contributed by atoms with Crippen LogP contribution in [-0.2, 0) is 15.2 Å². The zero-order valence-corrected chi connectivity index (χ0v) is 11.3. The highest BCUT2D eigenvalue weighted by Gasteiger charge is 2.36. The van der Waals surface area contributed by atoms with E-state index in [1.165, 1.54) is 19.1 Å². The summed E-state index contributed by atoms with van der Waals surface area (Å²) in [5.41, 5.74) is -1.94. The van der Waals surface area contributed by atoms with Crippen LogP contribution in [0.25, 0.3) is 0 Å². The third-order valence-corrected chi connectivity index (χ3v) is 2.94. The van der Waals surface area contributed by atoms with Gasteiger partial charge in [-0.1, -0.05) is 30.3 Å². The van der Waals surface area contributed by atoms with E-state index in [1.54, 1.807) is 12.1 Å². The molecule has 20 heavy (non-hydrogen) atoms. The van der Waals surface area contributed by atoms with Gasteiger partial charge >= 0.3 is 5.97 Å². The summed E-state index contributed by atoms with van der Waals surface area (Å²) < 4.78 is 24.3. The number of hydrogen-bond donors (Lipinski definition) is 0. The monoisotopic (exact) mass is 274 g/mol. The molecule has 3 nitrogen and oxygen atoms in total. The number of rotatable bonds is 4. The molecule has 0 amide bonds. The number of alkyl halides is 1. The van der Waals surface area contributed by atoms with Crippen LogP contribution < -0.4 is 4.74 Å². The number of para-hydroxylation sites is 1.